The highest BCUT2D eigenvalue weighted by atomic mass is 32.1. The molecule has 0 unspecified atom stereocenters. The van der Waals surface area contributed by atoms with Crippen LogP contribution >= 0.6 is 11.3 Å². The monoisotopic (exact) mass is 264 g/mol. The summed E-state index contributed by atoms with van der Waals surface area (Å²) < 4.78 is 3.12. The number of nitriles is 1. The molecular weight excluding hydrogens is 256 g/mol. The second-order valence-electron chi connectivity index (χ2n) is 4.34. The maximum Gasteiger partial charge on any atom is 0.195 e. The number of nitrogens with zero attached hydrogens (tertiary/aromatic N) is 3. The van der Waals surface area contributed by atoms with Crippen LogP contribution in [0.15, 0.2) is 36.4 Å². The molecule has 0 aliphatic rings. The topological polar surface area (TPSA) is 67.1 Å². The van der Waals surface area contributed by atoms with Crippen molar-refractivity contribution >= 4 is 43.2 Å². The third-order valence-electron chi connectivity index (χ3n) is 3.22. The average Bonchev–Trinajstić information content (AvgIpc) is 2.93. The number of fused-ring (bicyclic) bond motifs is 5. The zero-order valence-corrected chi connectivity index (χ0v) is 10.6. The number of imidazole rings is 1. The van der Waals surface area contributed by atoms with Crippen molar-refractivity contribution in [2.24, 2.45) is 0 Å². The van der Waals surface area contributed by atoms with Gasteiger partial charge in [0.2, 0.25) is 0 Å². The molecule has 0 radical (unpaired) electrons. The van der Waals surface area contributed by atoms with E-state index in [-0.39, 0.29) is 0 Å². The summed E-state index contributed by atoms with van der Waals surface area (Å²) in [5.74, 6) is 0. The molecule has 0 spiro atoms. The number of aromatic nitrogens is 2. The number of para-hydroxylation sites is 2. The van der Waals surface area contributed by atoms with Gasteiger partial charge in [-0.25, -0.2) is 4.98 Å². The van der Waals surface area contributed by atoms with E-state index in [9.17, 15) is 0 Å². The summed E-state index contributed by atoms with van der Waals surface area (Å²) in [6, 6.07) is 13.8. The van der Waals surface area contributed by atoms with Crippen molar-refractivity contribution < 1.29 is 0 Å². The minimum atomic E-state index is 0.507. The van der Waals surface area contributed by atoms with Gasteiger partial charge < -0.3 is 5.73 Å². The Morgan fingerprint density at radius 1 is 1.21 bits per heavy atom. The molecule has 4 nitrogen and oxygen atoms in total. The van der Waals surface area contributed by atoms with E-state index in [1.165, 1.54) is 0 Å². The number of thiazole rings is 1. The first-order chi connectivity index (χ1) is 9.28. The van der Waals surface area contributed by atoms with E-state index < -0.39 is 0 Å². The van der Waals surface area contributed by atoms with E-state index in [0.29, 0.717) is 11.3 Å². The number of rotatable bonds is 0. The van der Waals surface area contributed by atoms with Gasteiger partial charge in [-0.05, 0) is 24.3 Å². The van der Waals surface area contributed by atoms with E-state index in [1.807, 2.05) is 36.4 Å². The maximum absolute atomic E-state index is 9.03. The number of hydrogen-bond donors (Lipinski definition) is 1. The molecule has 90 valence electrons. The van der Waals surface area contributed by atoms with Crippen molar-refractivity contribution in [1.29, 1.82) is 5.26 Å². The molecule has 0 saturated carbocycles. The SMILES string of the molecule is N#Cc1cc2sc3nc4ccccc4n3c2cc1N. The second-order valence-corrected chi connectivity index (χ2v) is 5.35. The molecule has 2 N–H and O–H groups in total. The highest BCUT2D eigenvalue weighted by molar-refractivity contribution is 7.23. The molecule has 2 heterocycles. The summed E-state index contributed by atoms with van der Waals surface area (Å²) >= 11 is 1.57. The molecule has 2 aromatic carbocycles. The summed E-state index contributed by atoms with van der Waals surface area (Å²) in [7, 11) is 0. The molecule has 0 atom stereocenters. The minimum absolute atomic E-state index is 0.507. The van der Waals surface area contributed by atoms with Crippen LogP contribution in [-0.4, -0.2) is 9.38 Å². The fraction of sp³-hybridized carbons (Fsp3) is 0. The molecular formula is C14H8N4S. The summed E-state index contributed by atoms with van der Waals surface area (Å²) in [6.07, 6.45) is 0. The molecule has 4 rings (SSSR count). The van der Waals surface area contributed by atoms with Gasteiger partial charge in [-0.3, -0.25) is 4.40 Å². The predicted molar refractivity (Wildman–Crippen MR) is 77.2 cm³/mol. The summed E-state index contributed by atoms with van der Waals surface area (Å²) in [4.78, 5) is 5.52. The van der Waals surface area contributed by atoms with E-state index in [2.05, 4.69) is 15.5 Å². The molecule has 0 fully saturated rings. The first-order valence-corrected chi connectivity index (χ1v) is 6.59. The smallest absolute Gasteiger partial charge is 0.195 e. The minimum Gasteiger partial charge on any atom is -0.398 e. The first-order valence-electron chi connectivity index (χ1n) is 5.77. The van der Waals surface area contributed by atoms with Crippen molar-refractivity contribution in [1.82, 2.24) is 9.38 Å². The van der Waals surface area contributed by atoms with Gasteiger partial charge in [-0.2, -0.15) is 5.26 Å². The zero-order chi connectivity index (χ0) is 13.0. The van der Waals surface area contributed by atoms with E-state index in [0.717, 1.165) is 26.2 Å². The van der Waals surface area contributed by atoms with Crippen LogP contribution in [0.25, 0.3) is 26.2 Å². The van der Waals surface area contributed by atoms with Gasteiger partial charge in [0, 0.05) is 0 Å². The first kappa shape index (κ1) is 10.4. The lowest BCUT2D eigenvalue weighted by Crippen LogP contribution is -1.90. The lowest BCUT2D eigenvalue weighted by Gasteiger charge is -1.98. The molecule has 5 heteroatoms. The Morgan fingerprint density at radius 3 is 2.89 bits per heavy atom. The Morgan fingerprint density at radius 2 is 2.05 bits per heavy atom. The Balaban J connectivity index is 2.26. The number of anilines is 1. The molecule has 2 aromatic heterocycles. The number of hydrogen-bond acceptors (Lipinski definition) is 4. The second kappa shape index (κ2) is 3.46. The van der Waals surface area contributed by atoms with Gasteiger partial charge in [0.15, 0.2) is 4.96 Å². The van der Waals surface area contributed by atoms with E-state index in [1.54, 1.807) is 11.3 Å². The van der Waals surface area contributed by atoms with Crippen LogP contribution in [0.2, 0.25) is 0 Å². The van der Waals surface area contributed by atoms with Gasteiger partial charge in [0.05, 0.1) is 32.5 Å². The largest absolute Gasteiger partial charge is 0.398 e. The van der Waals surface area contributed by atoms with Crippen LogP contribution in [0.1, 0.15) is 5.56 Å². The summed E-state index contributed by atoms with van der Waals surface area (Å²) in [5.41, 5.74) is 9.97. The lowest BCUT2D eigenvalue weighted by molar-refractivity contribution is 1.34. The van der Waals surface area contributed by atoms with Crippen molar-refractivity contribution in [3.05, 3.63) is 42.0 Å². The van der Waals surface area contributed by atoms with Crippen molar-refractivity contribution in [3.63, 3.8) is 0 Å². The molecule has 19 heavy (non-hydrogen) atoms. The molecule has 0 amide bonds. The molecule has 0 aliphatic heterocycles. The number of nitrogen functional groups attached to an aromatic ring is 1. The summed E-state index contributed by atoms with van der Waals surface area (Å²) in [6.45, 7) is 0. The van der Waals surface area contributed by atoms with Crippen LogP contribution < -0.4 is 5.73 Å². The molecule has 0 bridgehead atoms. The van der Waals surface area contributed by atoms with Gasteiger partial charge in [0.1, 0.15) is 6.07 Å². The molecule has 4 aromatic rings. The van der Waals surface area contributed by atoms with Crippen LogP contribution in [-0.2, 0) is 0 Å². The fourth-order valence-electron chi connectivity index (χ4n) is 2.34. The average molecular weight is 264 g/mol. The Bertz CT molecular complexity index is 987. The Kier molecular flexibility index (Phi) is 1.89. The predicted octanol–water partition coefficient (Wildman–Crippen LogP) is 3.16. The Hall–Kier alpha value is -2.58. The third-order valence-corrected chi connectivity index (χ3v) is 4.23. The highest BCUT2D eigenvalue weighted by Crippen LogP contribution is 2.32. The van der Waals surface area contributed by atoms with Crippen LogP contribution in [0, 0.1) is 11.3 Å². The van der Waals surface area contributed by atoms with Gasteiger partial charge in [-0.15, -0.1) is 0 Å². The van der Waals surface area contributed by atoms with Crippen LogP contribution in [0.4, 0.5) is 5.69 Å². The van der Waals surface area contributed by atoms with Gasteiger partial charge in [0.25, 0.3) is 0 Å². The summed E-state index contributed by atoms with van der Waals surface area (Å²) in [5, 5.41) is 9.03. The number of benzene rings is 2. The van der Waals surface area contributed by atoms with E-state index in [4.69, 9.17) is 11.0 Å². The normalized spacial score (nSPS) is 11.3. The highest BCUT2D eigenvalue weighted by Gasteiger charge is 2.12. The van der Waals surface area contributed by atoms with Crippen molar-refractivity contribution in [2.45, 2.75) is 0 Å². The van der Waals surface area contributed by atoms with Crippen LogP contribution in [0.5, 0.6) is 0 Å². The van der Waals surface area contributed by atoms with Crippen molar-refractivity contribution in [2.75, 3.05) is 5.73 Å². The quantitative estimate of drug-likeness (QED) is 0.496. The van der Waals surface area contributed by atoms with Crippen molar-refractivity contribution in [3.8, 4) is 6.07 Å². The van der Waals surface area contributed by atoms with Gasteiger partial charge in [-0.1, -0.05) is 23.5 Å². The van der Waals surface area contributed by atoms with E-state index >= 15 is 0 Å². The number of nitrogens with two attached hydrogens (primary N) is 1. The van der Waals surface area contributed by atoms with Gasteiger partial charge >= 0.3 is 0 Å². The third kappa shape index (κ3) is 1.29. The molecule has 0 saturated heterocycles. The lowest BCUT2D eigenvalue weighted by atomic mass is 10.2. The fourth-order valence-corrected chi connectivity index (χ4v) is 3.40. The maximum atomic E-state index is 9.03. The Labute approximate surface area is 112 Å². The molecule has 0 aliphatic carbocycles. The zero-order valence-electron chi connectivity index (χ0n) is 9.79. The van der Waals surface area contributed by atoms with Crippen LogP contribution in [0.3, 0.4) is 0 Å². The standard InChI is InChI=1S/C14H8N4S/c15-7-8-5-13-12(6-9(8)16)18-11-4-2-1-3-10(11)17-14(18)19-13/h1-6H,16H2.